The minimum Gasteiger partial charge on any atom is -0.493 e. The number of carbonyl (C=O) groups excluding carboxylic acids is 1. The van der Waals surface area contributed by atoms with Gasteiger partial charge in [-0.25, -0.2) is 4.68 Å². The summed E-state index contributed by atoms with van der Waals surface area (Å²) >= 11 is 1.82. The van der Waals surface area contributed by atoms with Crippen LogP contribution in [0.5, 0.6) is 5.75 Å². The Morgan fingerprint density at radius 3 is 2.68 bits per heavy atom. The van der Waals surface area contributed by atoms with Crippen molar-refractivity contribution in [2.45, 2.75) is 32.3 Å². The summed E-state index contributed by atoms with van der Waals surface area (Å²) in [5.41, 5.74) is 5.96. The number of nitrogens with one attached hydrogen (secondary N) is 1. The molecule has 0 aliphatic carbocycles. The van der Waals surface area contributed by atoms with Crippen molar-refractivity contribution >= 4 is 23.5 Å². The van der Waals surface area contributed by atoms with Crippen molar-refractivity contribution in [2.24, 2.45) is 0 Å². The lowest BCUT2D eigenvalue weighted by Crippen LogP contribution is -2.17. The van der Waals surface area contributed by atoms with Gasteiger partial charge in [-0.2, -0.15) is 16.9 Å². The zero-order chi connectivity index (χ0) is 19.7. The van der Waals surface area contributed by atoms with Crippen LogP contribution in [0.25, 0.3) is 5.69 Å². The molecule has 0 unspecified atom stereocenters. The van der Waals surface area contributed by atoms with E-state index in [-0.39, 0.29) is 5.91 Å². The summed E-state index contributed by atoms with van der Waals surface area (Å²) in [6.07, 6.45) is 0. The molecule has 2 aromatic carbocycles. The van der Waals surface area contributed by atoms with E-state index in [4.69, 9.17) is 9.84 Å². The third-order valence-electron chi connectivity index (χ3n) is 4.67. The zero-order valence-electron chi connectivity index (χ0n) is 16.3. The molecule has 28 heavy (non-hydrogen) atoms. The number of fused-ring (bicyclic) bond motifs is 1. The highest BCUT2D eigenvalue weighted by atomic mass is 32.2. The van der Waals surface area contributed by atoms with Gasteiger partial charge in [0.05, 0.1) is 23.6 Å². The highest BCUT2D eigenvalue weighted by Crippen LogP contribution is 2.36. The molecule has 1 N–H and O–H groups in total. The van der Waals surface area contributed by atoms with Gasteiger partial charge in [-0.3, -0.25) is 4.79 Å². The topological polar surface area (TPSA) is 56.1 Å². The zero-order valence-corrected chi connectivity index (χ0v) is 17.1. The number of para-hydroxylation sites is 1. The summed E-state index contributed by atoms with van der Waals surface area (Å²) in [4.78, 5) is 13.1. The van der Waals surface area contributed by atoms with Gasteiger partial charge < -0.3 is 10.1 Å². The number of nitrogens with zero attached hydrogens (tertiary/aromatic N) is 2. The first-order valence-corrected chi connectivity index (χ1v) is 10.5. The summed E-state index contributed by atoms with van der Waals surface area (Å²) < 4.78 is 7.50. The quantitative estimate of drug-likeness (QED) is 0.671. The Morgan fingerprint density at radius 2 is 1.93 bits per heavy atom. The number of carbonyl (C=O) groups is 1. The molecule has 5 nitrogen and oxygen atoms in total. The molecule has 0 radical (unpaired) electrons. The minimum atomic E-state index is -0.186. The molecule has 0 fully saturated rings. The molecule has 6 heteroatoms. The summed E-state index contributed by atoms with van der Waals surface area (Å²) in [5.74, 6) is 2.87. The maximum atomic E-state index is 13.1. The van der Waals surface area contributed by atoms with Crippen molar-refractivity contribution in [3.63, 3.8) is 0 Å². The van der Waals surface area contributed by atoms with Crippen LogP contribution < -0.4 is 10.1 Å². The van der Waals surface area contributed by atoms with Gasteiger partial charge >= 0.3 is 0 Å². The highest BCUT2D eigenvalue weighted by Gasteiger charge is 2.26. The van der Waals surface area contributed by atoms with Crippen LogP contribution in [0.2, 0.25) is 0 Å². The van der Waals surface area contributed by atoms with E-state index in [0.717, 1.165) is 34.3 Å². The van der Waals surface area contributed by atoms with E-state index in [1.54, 1.807) is 6.07 Å². The summed E-state index contributed by atoms with van der Waals surface area (Å²) in [5, 5.41) is 7.91. The van der Waals surface area contributed by atoms with Crippen LogP contribution in [-0.4, -0.2) is 22.3 Å². The molecule has 0 saturated heterocycles. The average Bonchev–Trinajstić information content (AvgIpc) is 3.24. The van der Waals surface area contributed by atoms with E-state index >= 15 is 0 Å². The SMILES string of the molecule is CCOc1ccccc1C(=O)Nc1c2c(nn1-c1cc(C)cc(C)c1)CSC2. The second-order valence-corrected chi connectivity index (χ2v) is 7.89. The lowest BCUT2D eigenvalue weighted by Gasteiger charge is -2.14. The van der Waals surface area contributed by atoms with E-state index in [9.17, 15) is 4.79 Å². The molecule has 2 heterocycles. The molecular weight excluding hydrogens is 370 g/mol. The van der Waals surface area contributed by atoms with Crippen molar-refractivity contribution in [1.82, 2.24) is 9.78 Å². The Kier molecular flexibility index (Phi) is 5.13. The molecule has 4 rings (SSSR count). The summed E-state index contributed by atoms with van der Waals surface area (Å²) in [7, 11) is 0. The maximum absolute atomic E-state index is 13.1. The maximum Gasteiger partial charge on any atom is 0.260 e. The minimum absolute atomic E-state index is 0.186. The second kappa shape index (κ2) is 7.72. The van der Waals surface area contributed by atoms with Gasteiger partial charge in [-0.05, 0) is 56.2 Å². The van der Waals surface area contributed by atoms with Crippen LogP contribution >= 0.6 is 11.8 Å². The number of hydrogen-bond acceptors (Lipinski definition) is 4. The van der Waals surface area contributed by atoms with Gasteiger partial charge in [-0.1, -0.05) is 18.2 Å². The van der Waals surface area contributed by atoms with Gasteiger partial charge in [0.1, 0.15) is 11.6 Å². The van der Waals surface area contributed by atoms with E-state index in [0.29, 0.717) is 17.9 Å². The Morgan fingerprint density at radius 1 is 1.18 bits per heavy atom. The fourth-order valence-electron chi connectivity index (χ4n) is 3.51. The number of amides is 1. The van der Waals surface area contributed by atoms with E-state index < -0.39 is 0 Å². The summed E-state index contributed by atoms with van der Waals surface area (Å²) in [6, 6.07) is 13.6. The smallest absolute Gasteiger partial charge is 0.260 e. The molecule has 144 valence electrons. The van der Waals surface area contributed by atoms with Crippen molar-refractivity contribution in [2.75, 3.05) is 11.9 Å². The lowest BCUT2D eigenvalue weighted by atomic mass is 10.1. The Balaban J connectivity index is 1.75. The average molecular weight is 394 g/mol. The molecule has 3 aromatic rings. The standard InChI is InChI=1S/C22H23N3O2S/c1-4-27-20-8-6-5-7-17(20)22(26)23-21-18-12-28-13-19(18)24-25(21)16-10-14(2)9-15(3)11-16/h5-11H,4,12-13H2,1-3H3,(H,23,26). The molecule has 0 bridgehead atoms. The largest absolute Gasteiger partial charge is 0.493 e. The van der Waals surface area contributed by atoms with Crippen molar-refractivity contribution in [3.05, 3.63) is 70.4 Å². The first kappa shape index (κ1) is 18.6. The fourth-order valence-corrected chi connectivity index (χ4v) is 4.55. The molecule has 0 spiro atoms. The number of ether oxygens (including phenoxy) is 1. The van der Waals surface area contributed by atoms with Crippen LogP contribution in [0.4, 0.5) is 5.82 Å². The normalized spacial score (nSPS) is 12.7. The molecule has 1 aromatic heterocycles. The van der Waals surface area contributed by atoms with Crippen LogP contribution in [0, 0.1) is 13.8 Å². The number of anilines is 1. The number of hydrogen-bond donors (Lipinski definition) is 1. The molecule has 1 aliphatic heterocycles. The molecule has 0 atom stereocenters. The van der Waals surface area contributed by atoms with Gasteiger partial charge in [0.15, 0.2) is 0 Å². The number of thioether (sulfide) groups is 1. The van der Waals surface area contributed by atoms with Gasteiger partial charge in [-0.15, -0.1) is 0 Å². The lowest BCUT2D eigenvalue weighted by molar-refractivity contribution is 0.102. The van der Waals surface area contributed by atoms with Crippen molar-refractivity contribution in [3.8, 4) is 11.4 Å². The number of aryl methyl sites for hydroxylation is 2. The first-order chi connectivity index (χ1) is 13.6. The van der Waals surface area contributed by atoms with Crippen LogP contribution in [0.15, 0.2) is 42.5 Å². The van der Waals surface area contributed by atoms with E-state index in [1.165, 1.54) is 11.1 Å². The molecule has 1 amide bonds. The van der Waals surface area contributed by atoms with Gasteiger partial charge in [0, 0.05) is 17.1 Å². The van der Waals surface area contributed by atoms with Crippen LogP contribution in [0.1, 0.15) is 39.7 Å². The first-order valence-electron chi connectivity index (χ1n) is 9.37. The highest BCUT2D eigenvalue weighted by molar-refractivity contribution is 7.98. The van der Waals surface area contributed by atoms with Crippen molar-refractivity contribution < 1.29 is 9.53 Å². The van der Waals surface area contributed by atoms with Crippen LogP contribution in [-0.2, 0) is 11.5 Å². The van der Waals surface area contributed by atoms with E-state index in [1.807, 2.05) is 41.6 Å². The van der Waals surface area contributed by atoms with E-state index in [2.05, 4.69) is 37.4 Å². The molecule has 0 saturated carbocycles. The third-order valence-corrected chi connectivity index (χ3v) is 5.64. The fraction of sp³-hybridized carbons (Fsp3) is 0.273. The second-order valence-electron chi connectivity index (χ2n) is 6.91. The summed E-state index contributed by atoms with van der Waals surface area (Å²) in [6.45, 7) is 6.56. The Labute approximate surface area is 169 Å². The van der Waals surface area contributed by atoms with Gasteiger partial charge in [0.2, 0.25) is 0 Å². The monoisotopic (exact) mass is 393 g/mol. The van der Waals surface area contributed by atoms with Gasteiger partial charge in [0.25, 0.3) is 5.91 Å². The third kappa shape index (κ3) is 3.52. The Bertz CT molecular complexity index is 1020. The molecule has 1 aliphatic rings. The van der Waals surface area contributed by atoms with Crippen molar-refractivity contribution in [1.29, 1.82) is 0 Å². The molecular formula is C22H23N3O2S. The predicted molar refractivity (Wildman–Crippen MR) is 114 cm³/mol. The Hall–Kier alpha value is -2.73. The van der Waals surface area contributed by atoms with Crippen LogP contribution in [0.3, 0.4) is 0 Å². The number of rotatable bonds is 5. The number of benzene rings is 2. The number of aromatic nitrogens is 2. The predicted octanol–water partition coefficient (Wildman–Crippen LogP) is 4.89.